The number of alkyl halides is 1. The number of unbranched alkanes of at least 4 members (excludes halogenated alkanes) is 2. The van der Waals surface area contributed by atoms with Crippen molar-refractivity contribution in [3.8, 4) is 11.5 Å². The highest BCUT2D eigenvalue weighted by Gasteiger charge is 2.05. The van der Waals surface area contributed by atoms with Crippen LogP contribution in [0.25, 0.3) is 10.8 Å². The molecule has 0 amide bonds. The van der Waals surface area contributed by atoms with E-state index in [0.717, 1.165) is 29.9 Å². The SMILES string of the molecule is CCOc1ccc2cc(OCCCCCBr)ccc2c1C. The molecule has 0 N–H and O–H groups in total. The second-order valence-corrected chi connectivity index (χ2v) is 5.90. The summed E-state index contributed by atoms with van der Waals surface area (Å²) in [5.41, 5.74) is 1.19. The van der Waals surface area contributed by atoms with Crippen molar-refractivity contribution in [2.75, 3.05) is 18.5 Å². The van der Waals surface area contributed by atoms with E-state index in [1.54, 1.807) is 0 Å². The fourth-order valence-corrected chi connectivity index (χ4v) is 2.80. The molecule has 0 bridgehead atoms. The Balaban J connectivity index is 2.06. The van der Waals surface area contributed by atoms with Crippen molar-refractivity contribution in [1.29, 1.82) is 0 Å². The molecule has 2 nitrogen and oxygen atoms in total. The predicted octanol–water partition coefficient (Wildman–Crippen LogP) is 5.49. The zero-order valence-electron chi connectivity index (χ0n) is 12.8. The molecule has 2 aromatic rings. The first-order valence-electron chi connectivity index (χ1n) is 7.61. The van der Waals surface area contributed by atoms with Crippen molar-refractivity contribution in [3.63, 3.8) is 0 Å². The molecule has 2 rings (SSSR count). The van der Waals surface area contributed by atoms with Crippen LogP contribution in [0.2, 0.25) is 0 Å². The Hall–Kier alpha value is -1.22. The summed E-state index contributed by atoms with van der Waals surface area (Å²) in [5.74, 6) is 1.92. The van der Waals surface area contributed by atoms with Gasteiger partial charge in [-0.05, 0) is 67.6 Å². The van der Waals surface area contributed by atoms with Gasteiger partial charge in [-0.25, -0.2) is 0 Å². The summed E-state index contributed by atoms with van der Waals surface area (Å²) in [6.07, 6.45) is 3.52. The smallest absolute Gasteiger partial charge is 0.122 e. The molecule has 0 saturated carbocycles. The fraction of sp³-hybridized carbons (Fsp3) is 0.444. The zero-order chi connectivity index (χ0) is 15.1. The molecule has 0 aliphatic rings. The molecule has 0 saturated heterocycles. The topological polar surface area (TPSA) is 18.5 Å². The minimum atomic E-state index is 0.696. The second-order valence-electron chi connectivity index (χ2n) is 5.10. The lowest BCUT2D eigenvalue weighted by Crippen LogP contribution is -1.98. The Kier molecular flexibility index (Phi) is 6.37. The Morgan fingerprint density at radius 1 is 1.00 bits per heavy atom. The van der Waals surface area contributed by atoms with Gasteiger partial charge in [-0.2, -0.15) is 0 Å². The van der Waals surface area contributed by atoms with E-state index < -0.39 is 0 Å². The van der Waals surface area contributed by atoms with Gasteiger partial charge in [0, 0.05) is 5.33 Å². The van der Waals surface area contributed by atoms with Gasteiger partial charge >= 0.3 is 0 Å². The Morgan fingerprint density at radius 3 is 2.62 bits per heavy atom. The van der Waals surface area contributed by atoms with Gasteiger partial charge in [-0.1, -0.05) is 28.1 Å². The summed E-state index contributed by atoms with van der Waals surface area (Å²) < 4.78 is 11.5. The molecule has 0 unspecified atom stereocenters. The second kappa shape index (κ2) is 8.28. The van der Waals surface area contributed by atoms with E-state index >= 15 is 0 Å². The third kappa shape index (κ3) is 4.37. The van der Waals surface area contributed by atoms with Crippen molar-refractivity contribution >= 4 is 26.7 Å². The number of hydrogen-bond acceptors (Lipinski definition) is 2. The molecule has 3 heteroatoms. The van der Waals surface area contributed by atoms with Crippen LogP contribution in [0.1, 0.15) is 31.7 Å². The lowest BCUT2D eigenvalue weighted by atomic mass is 10.0. The van der Waals surface area contributed by atoms with Crippen LogP contribution in [0.3, 0.4) is 0 Å². The van der Waals surface area contributed by atoms with Crippen LogP contribution in [-0.2, 0) is 0 Å². The van der Waals surface area contributed by atoms with Crippen LogP contribution < -0.4 is 9.47 Å². The monoisotopic (exact) mass is 350 g/mol. The average molecular weight is 351 g/mol. The molecular formula is C18H23BrO2. The van der Waals surface area contributed by atoms with Crippen LogP contribution in [-0.4, -0.2) is 18.5 Å². The van der Waals surface area contributed by atoms with Gasteiger partial charge in [0.1, 0.15) is 11.5 Å². The number of rotatable bonds is 8. The minimum Gasteiger partial charge on any atom is -0.494 e. The number of halogens is 1. The van der Waals surface area contributed by atoms with Gasteiger partial charge in [0.25, 0.3) is 0 Å². The molecule has 0 heterocycles. The number of hydrogen-bond donors (Lipinski definition) is 0. The maximum Gasteiger partial charge on any atom is 0.122 e. The zero-order valence-corrected chi connectivity index (χ0v) is 14.4. The van der Waals surface area contributed by atoms with Gasteiger partial charge in [0.05, 0.1) is 13.2 Å². The van der Waals surface area contributed by atoms with E-state index in [1.807, 2.05) is 13.0 Å². The number of benzene rings is 2. The van der Waals surface area contributed by atoms with Gasteiger partial charge < -0.3 is 9.47 Å². The summed E-state index contributed by atoms with van der Waals surface area (Å²) in [7, 11) is 0. The Morgan fingerprint density at radius 2 is 1.86 bits per heavy atom. The van der Waals surface area contributed by atoms with E-state index in [4.69, 9.17) is 9.47 Å². The van der Waals surface area contributed by atoms with Crippen molar-refractivity contribution in [2.45, 2.75) is 33.1 Å². The van der Waals surface area contributed by atoms with Crippen LogP contribution >= 0.6 is 15.9 Å². The van der Waals surface area contributed by atoms with E-state index in [2.05, 4.69) is 47.1 Å². The van der Waals surface area contributed by atoms with E-state index in [0.29, 0.717) is 6.61 Å². The molecule has 0 aliphatic carbocycles. The molecular weight excluding hydrogens is 328 g/mol. The number of aryl methyl sites for hydroxylation is 1. The van der Waals surface area contributed by atoms with Crippen molar-refractivity contribution < 1.29 is 9.47 Å². The first kappa shape index (κ1) is 16.2. The molecule has 0 fully saturated rings. The lowest BCUT2D eigenvalue weighted by Gasteiger charge is -2.11. The van der Waals surface area contributed by atoms with Gasteiger partial charge in [0.15, 0.2) is 0 Å². The fourth-order valence-electron chi connectivity index (χ4n) is 2.41. The number of fused-ring (bicyclic) bond motifs is 1. The van der Waals surface area contributed by atoms with E-state index in [1.165, 1.54) is 29.2 Å². The molecule has 21 heavy (non-hydrogen) atoms. The third-order valence-electron chi connectivity index (χ3n) is 3.56. The molecule has 0 aliphatic heterocycles. The number of ether oxygens (including phenoxy) is 2. The molecule has 114 valence electrons. The summed E-state index contributed by atoms with van der Waals surface area (Å²) in [4.78, 5) is 0. The molecule has 2 aromatic carbocycles. The normalized spacial score (nSPS) is 10.8. The van der Waals surface area contributed by atoms with E-state index in [-0.39, 0.29) is 0 Å². The highest BCUT2D eigenvalue weighted by atomic mass is 79.9. The molecule has 0 atom stereocenters. The average Bonchev–Trinajstić information content (AvgIpc) is 2.50. The first-order chi connectivity index (χ1) is 10.3. The summed E-state index contributed by atoms with van der Waals surface area (Å²) in [6.45, 7) is 5.60. The maximum atomic E-state index is 5.83. The van der Waals surface area contributed by atoms with Crippen LogP contribution in [0.15, 0.2) is 30.3 Å². The molecule has 0 radical (unpaired) electrons. The van der Waals surface area contributed by atoms with Crippen molar-refractivity contribution in [3.05, 3.63) is 35.9 Å². The highest BCUT2D eigenvalue weighted by molar-refractivity contribution is 9.09. The largest absolute Gasteiger partial charge is 0.494 e. The Labute approximate surface area is 135 Å². The summed E-state index contributed by atoms with van der Waals surface area (Å²) >= 11 is 3.45. The third-order valence-corrected chi connectivity index (χ3v) is 4.12. The standard InChI is InChI=1S/C18H23BrO2/c1-3-20-18-10-7-15-13-16(8-9-17(15)14(18)2)21-12-6-4-5-11-19/h7-10,13H,3-6,11-12H2,1-2H3. The van der Waals surface area contributed by atoms with Crippen molar-refractivity contribution in [1.82, 2.24) is 0 Å². The summed E-state index contributed by atoms with van der Waals surface area (Å²) in [5, 5.41) is 3.51. The van der Waals surface area contributed by atoms with Crippen molar-refractivity contribution in [2.24, 2.45) is 0 Å². The van der Waals surface area contributed by atoms with E-state index in [9.17, 15) is 0 Å². The van der Waals surface area contributed by atoms with Crippen LogP contribution in [0.4, 0.5) is 0 Å². The first-order valence-corrected chi connectivity index (χ1v) is 8.73. The van der Waals surface area contributed by atoms with Gasteiger partial charge in [0.2, 0.25) is 0 Å². The van der Waals surface area contributed by atoms with Crippen LogP contribution in [0, 0.1) is 6.92 Å². The van der Waals surface area contributed by atoms with Crippen LogP contribution in [0.5, 0.6) is 11.5 Å². The summed E-state index contributed by atoms with van der Waals surface area (Å²) in [6, 6.07) is 10.4. The lowest BCUT2D eigenvalue weighted by molar-refractivity contribution is 0.307. The van der Waals surface area contributed by atoms with Gasteiger partial charge in [-0.3, -0.25) is 0 Å². The maximum absolute atomic E-state index is 5.83. The molecule has 0 spiro atoms. The quantitative estimate of drug-likeness (QED) is 0.462. The molecule has 0 aromatic heterocycles. The minimum absolute atomic E-state index is 0.696. The predicted molar refractivity (Wildman–Crippen MR) is 93.0 cm³/mol. The Bertz CT molecular complexity index is 581. The van der Waals surface area contributed by atoms with Gasteiger partial charge in [-0.15, -0.1) is 0 Å². The highest BCUT2D eigenvalue weighted by Crippen LogP contribution is 2.29.